The lowest BCUT2D eigenvalue weighted by atomic mass is 10.2. The van der Waals surface area contributed by atoms with E-state index in [4.69, 9.17) is 9.52 Å². The van der Waals surface area contributed by atoms with Crippen molar-refractivity contribution < 1.29 is 27.8 Å². The number of hydrogen-bond donors (Lipinski definition) is 1. The summed E-state index contributed by atoms with van der Waals surface area (Å²) in [5.74, 6) is -0.898. The van der Waals surface area contributed by atoms with Crippen molar-refractivity contribution in [2.24, 2.45) is 0 Å². The van der Waals surface area contributed by atoms with Crippen LogP contribution < -0.4 is 0 Å². The summed E-state index contributed by atoms with van der Waals surface area (Å²) < 4.78 is 33.4. The lowest BCUT2D eigenvalue weighted by Gasteiger charge is -2.00. The molecule has 1 heterocycles. The minimum absolute atomic E-state index is 0.0357. The lowest BCUT2D eigenvalue weighted by molar-refractivity contribution is 0.0173. The molecule has 100 valence electrons. The van der Waals surface area contributed by atoms with E-state index < -0.39 is 19.0 Å². The van der Waals surface area contributed by atoms with Gasteiger partial charge in [-0.3, -0.25) is 0 Å². The molecule has 1 aliphatic rings. The van der Waals surface area contributed by atoms with E-state index in [1.807, 2.05) is 0 Å². The van der Waals surface area contributed by atoms with Crippen molar-refractivity contribution in [1.82, 2.24) is 4.98 Å². The first-order valence-electron chi connectivity index (χ1n) is 5.66. The molecular weight excluding hydrogens is 248 g/mol. The molecule has 0 amide bonds. The molecule has 0 aromatic carbocycles. The van der Waals surface area contributed by atoms with Gasteiger partial charge in [0, 0.05) is 12.3 Å². The van der Waals surface area contributed by atoms with Crippen molar-refractivity contribution in [3.05, 3.63) is 17.3 Å². The molecule has 18 heavy (non-hydrogen) atoms. The molecule has 0 spiro atoms. The molecule has 0 unspecified atom stereocenters. The number of rotatable bonds is 7. The topological polar surface area (TPSA) is 72.6 Å². The maximum atomic E-state index is 11.8. The molecule has 7 heteroatoms. The molecule has 2 rings (SSSR count). The number of oxazole rings is 1. The highest BCUT2D eigenvalue weighted by atomic mass is 19.3. The zero-order valence-electron chi connectivity index (χ0n) is 9.57. The van der Waals surface area contributed by atoms with E-state index in [0.717, 1.165) is 12.8 Å². The number of ether oxygens (including phenoxy) is 1. The van der Waals surface area contributed by atoms with Crippen molar-refractivity contribution >= 4 is 5.97 Å². The second-order valence-electron chi connectivity index (χ2n) is 4.12. The lowest BCUT2D eigenvalue weighted by Crippen LogP contribution is -2.07. The van der Waals surface area contributed by atoms with E-state index in [-0.39, 0.29) is 30.6 Å². The Morgan fingerprint density at radius 3 is 2.83 bits per heavy atom. The summed E-state index contributed by atoms with van der Waals surface area (Å²) >= 11 is 0. The molecule has 1 N–H and O–H groups in total. The number of aromatic nitrogens is 1. The average Bonchev–Trinajstić information content (AvgIpc) is 3.05. The molecule has 0 aliphatic heterocycles. The van der Waals surface area contributed by atoms with Crippen LogP contribution in [0, 0.1) is 0 Å². The van der Waals surface area contributed by atoms with E-state index in [2.05, 4.69) is 9.72 Å². The molecule has 1 aliphatic carbocycles. The summed E-state index contributed by atoms with van der Waals surface area (Å²) in [6.07, 6.45) is -0.492. The predicted molar refractivity (Wildman–Crippen MR) is 56.0 cm³/mol. The second-order valence-corrected chi connectivity index (χ2v) is 4.12. The van der Waals surface area contributed by atoms with Gasteiger partial charge in [0.1, 0.15) is 6.61 Å². The summed E-state index contributed by atoms with van der Waals surface area (Å²) in [5.41, 5.74) is 0.464. The number of hydrogen-bond acceptors (Lipinski definition) is 4. The Morgan fingerprint density at radius 1 is 1.56 bits per heavy atom. The smallest absolute Gasteiger partial charge is 0.373 e. The third kappa shape index (κ3) is 3.25. The van der Waals surface area contributed by atoms with Crippen LogP contribution in [-0.4, -0.2) is 35.7 Å². The van der Waals surface area contributed by atoms with Crippen LogP contribution in [0.1, 0.15) is 40.9 Å². The van der Waals surface area contributed by atoms with Crippen LogP contribution in [0.5, 0.6) is 0 Å². The second kappa shape index (κ2) is 5.43. The summed E-state index contributed by atoms with van der Waals surface area (Å²) in [5, 5.41) is 8.94. The van der Waals surface area contributed by atoms with Crippen molar-refractivity contribution in [3.63, 3.8) is 0 Å². The number of nitrogens with zero attached hydrogens (tertiary/aromatic N) is 1. The highest BCUT2D eigenvalue weighted by Gasteiger charge is 2.33. The van der Waals surface area contributed by atoms with Crippen LogP contribution in [0.2, 0.25) is 0 Å². The maximum absolute atomic E-state index is 11.8. The molecule has 1 aromatic rings. The Labute approximate surface area is 102 Å². The van der Waals surface area contributed by atoms with Crippen molar-refractivity contribution in [3.8, 4) is 0 Å². The standard InChI is InChI=1S/C11H13F2NO4/c12-7(13)5-17-4-3-8-14-9(6-1-2-6)10(18-8)11(15)16/h6-7H,1-5H2,(H,15,16). The fraction of sp³-hybridized carbons (Fsp3) is 0.636. The molecule has 1 saturated carbocycles. The average molecular weight is 261 g/mol. The minimum atomic E-state index is -2.51. The first kappa shape index (κ1) is 12.9. The third-order valence-electron chi connectivity index (χ3n) is 2.56. The van der Waals surface area contributed by atoms with Gasteiger partial charge in [-0.15, -0.1) is 0 Å². The normalized spacial score (nSPS) is 15.3. The highest BCUT2D eigenvalue weighted by Crippen LogP contribution is 2.41. The van der Waals surface area contributed by atoms with Crippen LogP contribution in [0.25, 0.3) is 0 Å². The molecule has 0 saturated heterocycles. The molecule has 1 fully saturated rings. The number of alkyl halides is 2. The van der Waals surface area contributed by atoms with Crippen LogP contribution in [-0.2, 0) is 11.2 Å². The van der Waals surface area contributed by atoms with E-state index in [9.17, 15) is 13.6 Å². The number of aromatic carboxylic acids is 1. The molecule has 0 atom stereocenters. The molecule has 0 bridgehead atoms. The van der Waals surface area contributed by atoms with Crippen molar-refractivity contribution in [2.75, 3.05) is 13.2 Å². The molecule has 0 radical (unpaired) electrons. The SMILES string of the molecule is O=C(O)c1oc(CCOCC(F)F)nc1C1CC1. The zero-order valence-corrected chi connectivity index (χ0v) is 9.57. The van der Waals surface area contributed by atoms with Gasteiger partial charge in [-0.05, 0) is 12.8 Å². The van der Waals surface area contributed by atoms with E-state index in [1.54, 1.807) is 0 Å². The summed E-state index contributed by atoms with van der Waals surface area (Å²) in [6.45, 7) is -0.601. The monoisotopic (exact) mass is 261 g/mol. The van der Waals surface area contributed by atoms with Crippen molar-refractivity contribution in [1.29, 1.82) is 0 Å². The Morgan fingerprint density at radius 2 is 2.28 bits per heavy atom. The van der Waals surface area contributed by atoms with Crippen LogP contribution in [0.4, 0.5) is 8.78 Å². The summed E-state index contributed by atoms with van der Waals surface area (Å²) in [7, 11) is 0. The Kier molecular flexibility index (Phi) is 3.90. The summed E-state index contributed by atoms with van der Waals surface area (Å²) in [6, 6.07) is 0. The highest BCUT2D eigenvalue weighted by molar-refractivity contribution is 5.85. The van der Waals surface area contributed by atoms with Gasteiger partial charge in [-0.2, -0.15) is 0 Å². The van der Waals surface area contributed by atoms with Crippen LogP contribution >= 0.6 is 0 Å². The van der Waals surface area contributed by atoms with Gasteiger partial charge in [-0.1, -0.05) is 0 Å². The van der Waals surface area contributed by atoms with Crippen LogP contribution in [0.3, 0.4) is 0 Å². The fourth-order valence-corrected chi connectivity index (χ4v) is 1.60. The Hall–Kier alpha value is -1.50. The Bertz CT molecular complexity index is 429. The van der Waals surface area contributed by atoms with Gasteiger partial charge in [0.25, 0.3) is 6.43 Å². The predicted octanol–water partition coefficient (Wildman–Crippen LogP) is 2.07. The summed E-state index contributed by atoms with van der Waals surface area (Å²) in [4.78, 5) is 15.0. The number of carboxylic acids is 1. The maximum Gasteiger partial charge on any atom is 0.373 e. The molecule has 1 aromatic heterocycles. The van der Waals surface area contributed by atoms with E-state index >= 15 is 0 Å². The number of carbonyl (C=O) groups is 1. The first-order valence-corrected chi connectivity index (χ1v) is 5.66. The first-order chi connectivity index (χ1) is 8.58. The van der Waals surface area contributed by atoms with Gasteiger partial charge in [0.05, 0.1) is 12.3 Å². The van der Waals surface area contributed by atoms with E-state index in [0.29, 0.717) is 5.69 Å². The Balaban J connectivity index is 1.92. The van der Waals surface area contributed by atoms with Gasteiger partial charge in [0.15, 0.2) is 5.89 Å². The van der Waals surface area contributed by atoms with Gasteiger partial charge >= 0.3 is 5.97 Å². The number of halogens is 2. The largest absolute Gasteiger partial charge is 0.475 e. The van der Waals surface area contributed by atoms with Gasteiger partial charge in [0.2, 0.25) is 5.76 Å². The van der Waals surface area contributed by atoms with Crippen LogP contribution in [0.15, 0.2) is 4.42 Å². The van der Waals surface area contributed by atoms with E-state index in [1.165, 1.54) is 0 Å². The zero-order chi connectivity index (χ0) is 13.1. The third-order valence-corrected chi connectivity index (χ3v) is 2.56. The molecular formula is C11H13F2NO4. The molecule has 5 nitrogen and oxygen atoms in total. The number of carboxylic acid groups (broad SMARTS) is 1. The minimum Gasteiger partial charge on any atom is -0.475 e. The quantitative estimate of drug-likeness (QED) is 0.761. The van der Waals surface area contributed by atoms with Gasteiger partial charge < -0.3 is 14.3 Å². The van der Waals surface area contributed by atoms with Gasteiger partial charge in [-0.25, -0.2) is 18.6 Å². The fourth-order valence-electron chi connectivity index (χ4n) is 1.60. The van der Waals surface area contributed by atoms with Crippen molar-refractivity contribution in [2.45, 2.75) is 31.6 Å².